The summed E-state index contributed by atoms with van der Waals surface area (Å²) in [4.78, 5) is 0. The van der Waals surface area contributed by atoms with Crippen LogP contribution in [0.3, 0.4) is 0 Å². The van der Waals surface area contributed by atoms with Crippen LogP contribution >= 0.6 is 0 Å². The molecule has 0 unspecified atom stereocenters. The largest absolute Gasteiger partial charge is 0.107 e. The topological polar surface area (TPSA) is 0 Å². The van der Waals surface area contributed by atoms with E-state index in [0.717, 1.165) is 0 Å². The molecule has 102 valence electrons. The molecule has 0 aliphatic heterocycles. The van der Waals surface area contributed by atoms with Gasteiger partial charge in [-0.05, 0) is 32.3 Å². The molecule has 0 bridgehead atoms. The van der Waals surface area contributed by atoms with Crippen molar-refractivity contribution >= 4 is 0 Å². The molecule has 0 saturated heterocycles. The lowest BCUT2D eigenvalue weighted by molar-refractivity contribution is 0.667. The van der Waals surface area contributed by atoms with Gasteiger partial charge in [-0.2, -0.15) is 0 Å². The molecular formula is C18H30. The van der Waals surface area contributed by atoms with E-state index in [0.29, 0.717) is 0 Å². The highest BCUT2D eigenvalue weighted by Gasteiger charge is 1.90. The summed E-state index contributed by atoms with van der Waals surface area (Å²) in [7, 11) is 0. The van der Waals surface area contributed by atoms with Gasteiger partial charge in [0.1, 0.15) is 0 Å². The molecule has 0 aromatic heterocycles. The second-order valence-corrected chi connectivity index (χ2v) is 3.80. The Bertz CT molecular complexity index is 281. The SMILES string of the molecule is CC.CC#CC.CCCCCCc1ccccc1. The lowest BCUT2D eigenvalue weighted by atomic mass is 10.1. The van der Waals surface area contributed by atoms with Gasteiger partial charge in [0.2, 0.25) is 0 Å². The van der Waals surface area contributed by atoms with Gasteiger partial charge in [0.25, 0.3) is 0 Å². The Morgan fingerprint density at radius 2 is 1.39 bits per heavy atom. The minimum Gasteiger partial charge on any atom is -0.107 e. The van der Waals surface area contributed by atoms with Crippen LogP contribution in [0.25, 0.3) is 0 Å². The molecule has 0 heteroatoms. The van der Waals surface area contributed by atoms with E-state index >= 15 is 0 Å². The van der Waals surface area contributed by atoms with Crippen molar-refractivity contribution in [2.24, 2.45) is 0 Å². The Kier molecular flexibility index (Phi) is 19.3. The van der Waals surface area contributed by atoms with Gasteiger partial charge in [0.15, 0.2) is 0 Å². The minimum absolute atomic E-state index is 1.25. The van der Waals surface area contributed by atoms with Gasteiger partial charge >= 0.3 is 0 Å². The number of benzene rings is 1. The maximum absolute atomic E-state index is 2.68. The Morgan fingerprint density at radius 3 is 1.83 bits per heavy atom. The monoisotopic (exact) mass is 246 g/mol. The first-order valence-corrected chi connectivity index (χ1v) is 7.22. The van der Waals surface area contributed by atoms with E-state index in [1.807, 2.05) is 27.7 Å². The summed E-state index contributed by atoms with van der Waals surface area (Å²) in [6.07, 6.45) is 6.69. The van der Waals surface area contributed by atoms with Crippen molar-refractivity contribution in [1.29, 1.82) is 0 Å². The Labute approximate surface area is 115 Å². The van der Waals surface area contributed by atoms with Crippen LogP contribution < -0.4 is 0 Å². The average molecular weight is 246 g/mol. The first-order chi connectivity index (χ1) is 8.85. The van der Waals surface area contributed by atoms with Crippen LogP contribution in [0.2, 0.25) is 0 Å². The average Bonchev–Trinajstić information content (AvgIpc) is 2.47. The van der Waals surface area contributed by atoms with Crippen LogP contribution in [0.4, 0.5) is 0 Å². The van der Waals surface area contributed by atoms with Crippen molar-refractivity contribution in [3.8, 4) is 11.8 Å². The molecule has 0 N–H and O–H groups in total. The van der Waals surface area contributed by atoms with Gasteiger partial charge < -0.3 is 0 Å². The van der Waals surface area contributed by atoms with Crippen molar-refractivity contribution in [3.63, 3.8) is 0 Å². The maximum Gasteiger partial charge on any atom is -0.00271 e. The third kappa shape index (κ3) is 14.8. The predicted molar refractivity (Wildman–Crippen MR) is 84.8 cm³/mol. The Morgan fingerprint density at radius 1 is 0.833 bits per heavy atom. The molecule has 0 spiro atoms. The summed E-state index contributed by atoms with van der Waals surface area (Å²) >= 11 is 0. The zero-order chi connectivity index (χ0) is 14.1. The molecule has 1 aromatic rings. The van der Waals surface area contributed by atoms with Gasteiger partial charge in [-0.1, -0.05) is 70.4 Å². The number of unbranched alkanes of at least 4 members (excludes halogenated alkanes) is 3. The molecule has 1 aromatic carbocycles. The predicted octanol–water partition coefficient (Wildman–Crippen LogP) is 5.87. The summed E-state index contributed by atoms with van der Waals surface area (Å²) in [6.45, 7) is 9.89. The first-order valence-electron chi connectivity index (χ1n) is 7.22. The Balaban J connectivity index is 0. The molecule has 0 amide bonds. The van der Waals surface area contributed by atoms with E-state index in [-0.39, 0.29) is 0 Å². The minimum atomic E-state index is 1.25. The van der Waals surface area contributed by atoms with Crippen molar-refractivity contribution in [2.75, 3.05) is 0 Å². The van der Waals surface area contributed by atoms with Crippen LogP contribution in [0.1, 0.15) is 65.9 Å². The number of hydrogen-bond acceptors (Lipinski definition) is 0. The second kappa shape index (κ2) is 18.2. The van der Waals surface area contributed by atoms with Crippen LogP contribution in [-0.4, -0.2) is 0 Å². The number of aryl methyl sites for hydroxylation is 1. The van der Waals surface area contributed by atoms with Crippen LogP contribution in [0.15, 0.2) is 30.3 Å². The molecule has 0 radical (unpaired) electrons. The molecule has 18 heavy (non-hydrogen) atoms. The summed E-state index contributed by atoms with van der Waals surface area (Å²) in [6, 6.07) is 10.7. The van der Waals surface area contributed by atoms with Crippen LogP contribution in [0, 0.1) is 11.8 Å². The van der Waals surface area contributed by atoms with Gasteiger partial charge in [-0.25, -0.2) is 0 Å². The van der Waals surface area contributed by atoms with E-state index < -0.39 is 0 Å². The molecule has 0 nitrogen and oxygen atoms in total. The highest BCUT2D eigenvalue weighted by atomic mass is 14.0. The molecule has 0 atom stereocenters. The number of rotatable bonds is 5. The molecule has 1 rings (SSSR count). The molecule has 0 aliphatic rings. The van der Waals surface area contributed by atoms with Gasteiger partial charge in [-0.15, -0.1) is 11.8 Å². The third-order valence-corrected chi connectivity index (χ3v) is 2.41. The lowest BCUT2D eigenvalue weighted by Gasteiger charge is -1.99. The van der Waals surface area contributed by atoms with E-state index in [1.54, 1.807) is 0 Å². The fourth-order valence-corrected chi connectivity index (χ4v) is 1.40. The van der Waals surface area contributed by atoms with E-state index in [1.165, 1.54) is 37.7 Å². The first kappa shape index (κ1) is 19.1. The van der Waals surface area contributed by atoms with Gasteiger partial charge in [0.05, 0.1) is 0 Å². The normalized spacial score (nSPS) is 7.83. The fourth-order valence-electron chi connectivity index (χ4n) is 1.40. The van der Waals surface area contributed by atoms with Crippen LogP contribution in [-0.2, 0) is 6.42 Å². The molecule has 0 heterocycles. The standard InChI is InChI=1S/C12H18.C4H6.C2H6/c1-2-3-4-6-9-12-10-7-5-8-11-12;1-3-4-2;1-2/h5,7-8,10-11H,2-4,6,9H2,1H3;1-2H3;1-2H3. The molecule has 0 aliphatic carbocycles. The summed E-state index contributed by atoms with van der Waals surface area (Å²) in [5, 5.41) is 0. The second-order valence-electron chi connectivity index (χ2n) is 3.80. The van der Waals surface area contributed by atoms with E-state index in [2.05, 4.69) is 49.1 Å². The summed E-state index contributed by atoms with van der Waals surface area (Å²) in [5.74, 6) is 5.36. The Hall–Kier alpha value is -1.22. The van der Waals surface area contributed by atoms with Crippen molar-refractivity contribution < 1.29 is 0 Å². The van der Waals surface area contributed by atoms with Crippen molar-refractivity contribution in [1.82, 2.24) is 0 Å². The molecular weight excluding hydrogens is 216 g/mol. The third-order valence-electron chi connectivity index (χ3n) is 2.41. The maximum atomic E-state index is 2.68. The fraction of sp³-hybridized carbons (Fsp3) is 0.556. The smallest absolute Gasteiger partial charge is 0.00271 e. The lowest BCUT2D eigenvalue weighted by Crippen LogP contribution is -1.84. The molecule has 0 fully saturated rings. The van der Waals surface area contributed by atoms with Crippen molar-refractivity contribution in [2.45, 2.75) is 66.7 Å². The van der Waals surface area contributed by atoms with Crippen LogP contribution in [0.5, 0.6) is 0 Å². The zero-order valence-electron chi connectivity index (χ0n) is 12.9. The summed E-state index contributed by atoms with van der Waals surface area (Å²) in [5.41, 5.74) is 1.48. The highest BCUT2D eigenvalue weighted by molar-refractivity contribution is 5.14. The van der Waals surface area contributed by atoms with E-state index in [9.17, 15) is 0 Å². The summed E-state index contributed by atoms with van der Waals surface area (Å²) < 4.78 is 0. The number of hydrogen-bond donors (Lipinski definition) is 0. The van der Waals surface area contributed by atoms with Crippen molar-refractivity contribution in [3.05, 3.63) is 35.9 Å². The highest BCUT2D eigenvalue weighted by Crippen LogP contribution is 2.06. The zero-order valence-corrected chi connectivity index (χ0v) is 12.9. The van der Waals surface area contributed by atoms with E-state index in [4.69, 9.17) is 0 Å². The quantitative estimate of drug-likeness (QED) is 0.450. The molecule has 0 saturated carbocycles. The van der Waals surface area contributed by atoms with Gasteiger partial charge in [-0.3, -0.25) is 0 Å². The van der Waals surface area contributed by atoms with Gasteiger partial charge in [0, 0.05) is 0 Å².